The summed E-state index contributed by atoms with van der Waals surface area (Å²) < 4.78 is 29.6. The summed E-state index contributed by atoms with van der Waals surface area (Å²) in [6, 6.07) is 5.99. The Morgan fingerprint density at radius 2 is 1.61 bits per heavy atom. The van der Waals surface area contributed by atoms with Crippen LogP contribution in [0.2, 0.25) is 0 Å². The number of unbranched alkanes of at least 4 members (excludes halogenated alkanes) is 5. The van der Waals surface area contributed by atoms with Crippen molar-refractivity contribution in [2.45, 2.75) is 70.4 Å². The van der Waals surface area contributed by atoms with E-state index in [-0.39, 0.29) is 11.1 Å². The highest BCUT2D eigenvalue weighted by molar-refractivity contribution is 7.85. The van der Waals surface area contributed by atoms with Gasteiger partial charge in [-0.2, -0.15) is 8.42 Å². The van der Waals surface area contributed by atoms with Crippen LogP contribution in [0.4, 0.5) is 0 Å². The molecule has 0 aliphatic rings. The second kappa shape index (κ2) is 12.5. The molecule has 0 spiro atoms. The molecular formula is C17H32N2O3S. The number of rotatable bonds is 9. The van der Waals surface area contributed by atoms with Gasteiger partial charge in [0, 0.05) is 0 Å². The lowest BCUT2D eigenvalue weighted by atomic mass is 10.1. The topological polar surface area (TPSA) is 92.4 Å². The number of hydrogen-bond donors (Lipinski definition) is 3. The summed E-state index contributed by atoms with van der Waals surface area (Å²) in [4.78, 5) is -0.0666. The largest absolute Gasteiger partial charge is 0.316 e. The van der Waals surface area contributed by atoms with Crippen molar-refractivity contribution in [2.75, 3.05) is 6.54 Å². The van der Waals surface area contributed by atoms with Crippen LogP contribution >= 0.6 is 0 Å². The lowest BCUT2D eigenvalue weighted by molar-refractivity contribution is 0.483. The van der Waals surface area contributed by atoms with E-state index in [0.717, 1.165) is 12.1 Å². The first-order valence-electron chi connectivity index (χ1n) is 8.30. The van der Waals surface area contributed by atoms with Crippen molar-refractivity contribution in [1.29, 1.82) is 0 Å². The smallest absolute Gasteiger partial charge is 0.294 e. The first kappa shape index (κ1) is 22.1. The zero-order chi connectivity index (χ0) is 17.7. The fourth-order valence-electron chi connectivity index (χ4n) is 1.95. The first-order valence-corrected chi connectivity index (χ1v) is 9.74. The molecule has 134 valence electrons. The summed E-state index contributed by atoms with van der Waals surface area (Å²) in [6.07, 6.45) is 8.27. The van der Waals surface area contributed by atoms with E-state index >= 15 is 0 Å². The fourth-order valence-corrected chi connectivity index (χ4v) is 2.43. The second-order valence-electron chi connectivity index (χ2n) is 5.80. The molecule has 0 saturated heterocycles. The minimum absolute atomic E-state index is 0.0666. The summed E-state index contributed by atoms with van der Waals surface area (Å²) in [5.41, 5.74) is 6.50. The normalized spacial score (nSPS) is 12.4. The third-order valence-corrected chi connectivity index (χ3v) is 4.18. The van der Waals surface area contributed by atoms with Crippen LogP contribution in [-0.4, -0.2) is 25.7 Å². The van der Waals surface area contributed by atoms with E-state index in [9.17, 15) is 8.42 Å². The molecule has 0 bridgehead atoms. The predicted molar refractivity (Wildman–Crippen MR) is 96.0 cm³/mol. The Labute approximate surface area is 141 Å². The van der Waals surface area contributed by atoms with Crippen LogP contribution in [0.25, 0.3) is 0 Å². The van der Waals surface area contributed by atoms with Gasteiger partial charge in [-0.15, -0.1) is 0 Å². The molecule has 23 heavy (non-hydrogen) atoms. The highest BCUT2D eigenvalue weighted by Crippen LogP contribution is 2.08. The fraction of sp³-hybridized carbons (Fsp3) is 0.647. The van der Waals surface area contributed by atoms with Crippen LogP contribution in [0.5, 0.6) is 0 Å². The molecule has 0 aliphatic heterocycles. The molecule has 1 atom stereocenters. The van der Waals surface area contributed by atoms with Crippen LogP contribution in [0.15, 0.2) is 29.2 Å². The molecule has 5 nitrogen and oxygen atoms in total. The van der Waals surface area contributed by atoms with Crippen LogP contribution in [0.1, 0.15) is 57.9 Å². The third-order valence-electron chi connectivity index (χ3n) is 3.32. The molecule has 0 fully saturated rings. The Kier molecular flexibility index (Phi) is 12.0. The molecule has 6 heteroatoms. The molecule has 0 aromatic heterocycles. The molecule has 1 aromatic carbocycles. The van der Waals surface area contributed by atoms with E-state index in [4.69, 9.17) is 10.3 Å². The lowest BCUT2D eigenvalue weighted by Gasteiger charge is -2.07. The number of nitrogens with two attached hydrogens (primary N) is 1. The summed E-state index contributed by atoms with van der Waals surface area (Å²) in [7, 11) is -4.02. The zero-order valence-electron chi connectivity index (χ0n) is 14.6. The minimum atomic E-state index is -4.02. The van der Waals surface area contributed by atoms with E-state index in [1.165, 1.54) is 50.7 Å². The number of benzene rings is 1. The molecular weight excluding hydrogens is 312 g/mol. The van der Waals surface area contributed by atoms with E-state index in [0.29, 0.717) is 0 Å². The highest BCUT2D eigenvalue weighted by atomic mass is 32.2. The van der Waals surface area contributed by atoms with Crippen LogP contribution in [0, 0.1) is 6.92 Å². The highest BCUT2D eigenvalue weighted by Gasteiger charge is 2.06. The van der Waals surface area contributed by atoms with Crippen LogP contribution < -0.4 is 11.1 Å². The van der Waals surface area contributed by atoms with Gasteiger partial charge in [-0.3, -0.25) is 4.55 Å². The Hall–Kier alpha value is -0.950. The SMILES string of the molecule is CCCCCCCCNC(C)N.Cc1ccc(S(=O)(=O)O)cc1. The average Bonchev–Trinajstić information content (AvgIpc) is 2.46. The molecule has 1 rings (SSSR count). The maximum absolute atomic E-state index is 10.5. The Morgan fingerprint density at radius 3 is 2.09 bits per heavy atom. The monoisotopic (exact) mass is 344 g/mol. The van der Waals surface area contributed by atoms with E-state index in [2.05, 4.69) is 12.2 Å². The molecule has 0 radical (unpaired) electrons. The molecule has 0 heterocycles. The van der Waals surface area contributed by atoms with Gasteiger partial charge in [0.25, 0.3) is 10.1 Å². The summed E-state index contributed by atoms with van der Waals surface area (Å²) in [5.74, 6) is 0. The van der Waals surface area contributed by atoms with E-state index in [1.807, 2.05) is 13.8 Å². The maximum atomic E-state index is 10.5. The Balaban J connectivity index is 0.000000422. The average molecular weight is 345 g/mol. The summed E-state index contributed by atoms with van der Waals surface area (Å²) >= 11 is 0. The Morgan fingerprint density at radius 1 is 1.09 bits per heavy atom. The van der Waals surface area contributed by atoms with Gasteiger partial charge in [0.1, 0.15) is 0 Å². The van der Waals surface area contributed by atoms with Gasteiger partial charge in [0.15, 0.2) is 0 Å². The Bertz CT molecular complexity index is 499. The van der Waals surface area contributed by atoms with Gasteiger partial charge in [0.05, 0.1) is 11.1 Å². The summed E-state index contributed by atoms with van der Waals surface area (Å²) in [6.45, 7) is 7.15. The van der Waals surface area contributed by atoms with Crippen molar-refractivity contribution in [3.63, 3.8) is 0 Å². The molecule has 0 aliphatic carbocycles. The molecule has 4 N–H and O–H groups in total. The van der Waals surface area contributed by atoms with Gasteiger partial charge in [-0.05, 0) is 38.9 Å². The van der Waals surface area contributed by atoms with Gasteiger partial charge in [0.2, 0.25) is 0 Å². The van der Waals surface area contributed by atoms with Crippen molar-refractivity contribution in [1.82, 2.24) is 5.32 Å². The van der Waals surface area contributed by atoms with Crippen molar-refractivity contribution < 1.29 is 13.0 Å². The number of aryl methyl sites for hydroxylation is 1. The number of nitrogens with one attached hydrogen (secondary N) is 1. The zero-order valence-corrected chi connectivity index (χ0v) is 15.4. The van der Waals surface area contributed by atoms with Crippen molar-refractivity contribution in [3.8, 4) is 0 Å². The molecule has 1 aromatic rings. The van der Waals surface area contributed by atoms with Gasteiger partial charge in [-0.25, -0.2) is 0 Å². The van der Waals surface area contributed by atoms with Gasteiger partial charge < -0.3 is 11.1 Å². The molecule has 0 saturated carbocycles. The standard InChI is InChI=1S/C10H24N2.C7H8O3S/c1-3-4-5-6-7-8-9-12-10(2)11;1-6-2-4-7(5-3-6)11(8,9)10/h10,12H,3-9,11H2,1-2H3;2-5H,1H3,(H,8,9,10). The van der Waals surface area contributed by atoms with E-state index in [1.54, 1.807) is 12.1 Å². The molecule has 0 amide bonds. The number of hydrogen-bond acceptors (Lipinski definition) is 4. The predicted octanol–water partition coefficient (Wildman–Crippen LogP) is 3.48. The molecule has 1 unspecified atom stereocenters. The van der Waals surface area contributed by atoms with E-state index < -0.39 is 10.1 Å². The van der Waals surface area contributed by atoms with Crippen molar-refractivity contribution in [3.05, 3.63) is 29.8 Å². The van der Waals surface area contributed by atoms with Gasteiger partial charge >= 0.3 is 0 Å². The van der Waals surface area contributed by atoms with Crippen molar-refractivity contribution in [2.24, 2.45) is 5.73 Å². The maximum Gasteiger partial charge on any atom is 0.294 e. The lowest BCUT2D eigenvalue weighted by Crippen LogP contribution is -2.34. The quantitative estimate of drug-likeness (QED) is 0.362. The van der Waals surface area contributed by atoms with Crippen molar-refractivity contribution >= 4 is 10.1 Å². The van der Waals surface area contributed by atoms with Crippen LogP contribution in [-0.2, 0) is 10.1 Å². The van der Waals surface area contributed by atoms with Crippen LogP contribution in [0.3, 0.4) is 0 Å². The second-order valence-corrected chi connectivity index (χ2v) is 7.22. The minimum Gasteiger partial charge on any atom is -0.316 e. The van der Waals surface area contributed by atoms with Gasteiger partial charge in [-0.1, -0.05) is 56.7 Å². The third kappa shape index (κ3) is 13.2. The first-order chi connectivity index (χ1) is 10.8. The summed E-state index contributed by atoms with van der Waals surface area (Å²) in [5, 5.41) is 3.21.